The molecule has 1 amide bonds. The molecule has 0 spiro atoms. The van der Waals surface area contributed by atoms with Gasteiger partial charge in [0.15, 0.2) is 11.5 Å². The van der Waals surface area contributed by atoms with Crippen LogP contribution in [-0.4, -0.2) is 30.8 Å². The van der Waals surface area contributed by atoms with E-state index >= 15 is 0 Å². The van der Waals surface area contributed by atoms with Gasteiger partial charge < -0.3 is 5.32 Å². The van der Waals surface area contributed by atoms with Crippen LogP contribution in [0.3, 0.4) is 0 Å². The Morgan fingerprint density at radius 1 is 1.16 bits per heavy atom. The topological polar surface area (TPSA) is 166 Å². The Morgan fingerprint density at radius 2 is 1.94 bits per heavy atom. The quantitative estimate of drug-likeness (QED) is 0.355. The predicted octanol–water partition coefficient (Wildman–Crippen LogP) is 2.04. The Morgan fingerprint density at radius 3 is 2.66 bits per heavy atom. The van der Waals surface area contributed by atoms with Crippen LogP contribution in [0.15, 0.2) is 68.7 Å². The molecule has 2 aromatic heterocycles. The van der Waals surface area contributed by atoms with E-state index in [9.17, 15) is 24.5 Å². The Kier molecular flexibility index (Phi) is 5.17. The first kappa shape index (κ1) is 20.4. The molecule has 4 rings (SSSR count). The van der Waals surface area contributed by atoms with Gasteiger partial charge in [-0.25, -0.2) is 9.48 Å². The van der Waals surface area contributed by atoms with Gasteiger partial charge in [0.05, 0.1) is 4.92 Å². The number of carbonyl (C=O) groups excluding carboxylic acids is 1. The van der Waals surface area contributed by atoms with E-state index in [-0.39, 0.29) is 17.2 Å². The fourth-order valence-electron chi connectivity index (χ4n) is 3.04. The molecule has 32 heavy (non-hydrogen) atoms. The highest BCUT2D eigenvalue weighted by Gasteiger charge is 2.20. The van der Waals surface area contributed by atoms with Gasteiger partial charge in [-0.15, -0.1) is 0 Å². The molecule has 0 radical (unpaired) electrons. The van der Waals surface area contributed by atoms with Crippen molar-refractivity contribution in [3.63, 3.8) is 0 Å². The maximum atomic E-state index is 12.8. The van der Waals surface area contributed by atoms with Crippen LogP contribution in [0.5, 0.6) is 0 Å². The lowest BCUT2D eigenvalue weighted by molar-refractivity contribution is -0.384. The summed E-state index contributed by atoms with van der Waals surface area (Å²) < 4.78 is 5.64. The fraction of sp³-hybridized carbons (Fsp3) is 0.0500. The standard InChI is InChI=1S/C20H14N6O6/c1-11-9-16(27)17(23-25(11)14-7-2-3-8-15(14)26(30)31)19(28)21-13-6-4-5-12(10-13)18-22-20(29)32-24-18/h2-10H,1H3,(H,21,28)(H,22,24,29). The second kappa shape index (κ2) is 8.10. The monoisotopic (exact) mass is 434 g/mol. The maximum Gasteiger partial charge on any atom is 0.439 e. The van der Waals surface area contributed by atoms with Gasteiger partial charge in [-0.05, 0) is 25.1 Å². The first-order valence-electron chi connectivity index (χ1n) is 9.16. The van der Waals surface area contributed by atoms with Crippen molar-refractivity contribution in [1.29, 1.82) is 0 Å². The summed E-state index contributed by atoms with van der Waals surface area (Å²) >= 11 is 0. The molecule has 0 fully saturated rings. The van der Waals surface area contributed by atoms with Gasteiger partial charge in [-0.2, -0.15) is 5.10 Å². The first-order chi connectivity index (χ1) is 15.3. The number of rotatable bonds is 5. The highest BCUT2D eigenvalue weighted by atomic mass is 16.6. The summed E-state index contributed by atoms with van der Waals surface area (Å²) in [7, 11) is 0. The molecule has 0 aliphatic heterocycles. The Bertz CT molecular complexity index is 1470. The molecule has 0 bridgehead atoms. The highest BCUT2D eigenvalue weighted by Crippen LogP contribution is 2.22. The van der Waals surface area contributed by atoms with Gasteiger partial charge in [0.1, 0.15) is 5.69 Å². The van der Waals surface area contributed by atoms with Crippen molar-refractivity contribution in [2.75, 3.05) is 5.32 Å². The van der Waals surface area contributed by atoms with Crippen LogP contribution in [0.1, 0.15) is 16.2 Å². The van der Waals surface area contributed by atoms with E-state index in [4.69, 9.17) is 0 Å². The number of nitro groups is 1. The number of carbonyl (C=O) groups is 1. The zero-order valence-corrected chi connectivity index (χ0v) is 16.4. The molecule has 0 saturated heterocycles. The van der Waals surface area contributed by atoms with E-state index in [0.29, 0.717) is 16.9 Å². The Balaban J connectivity index is 1.70. The Hall–Kier alpha value is -4.87. The molecule has 2 aromatic carbocycles. The molecular formula is C20H14N6O6. The lowest BCUT2D eigenvalue weighted by Gasteiger charge is -2.12. The van der Waals surface area contributed by atoms with Crippen LogP contribution in [-0.2, 0) is 0 Å². The number of benzene rings is 2. The number of H-pyrrole nitrogens is 1. The molecule has 12 heteroatoms. The predicted molar refractivity (Wildman–Crippen MR) is 112 cm³/mol. The molecule has 0 saturated carbocycles. The van der Waals surface area contributed by atoms with Gasteiger partial charge in [-0.1, -0.05) is 29.4 Å². The average molecular weight is 434 g/mol. The molecule has 0 unspecified atom stereocenters. The van der Waals surface area contributed by atoms with Gasteiger partial charge in [0.25, 0.3) is 11.6 Å². The molecule has 0 atom stereocenters. The zero-order valence-electron chi connectivity index (χ0n) is 16.4. The molecule has 2 heterocycles. The van der Waals surface area contributed by atoms with E-state index in [0.717, 1.165) is 0 Å². The van der Waals surface area contributed by atoms with Crippen LogP contribution < -0.4 is 16.5 Å². The lowest BCUT2D eigenvalue weighted by atomic mass is 10.2. The number of hydrogen-bond donors (Lipinski definition) is 2. The van der Waals surface area contributed by atoms with E-state index in [1.807, 2.05) is 0 Å². The van der Waals surface area contributed by atoms with E-state index < -0.39 is 27.7 Å². The van der Waals surface area contributed by atoms with Crippen LogP contribution in [0.2, 0.25) is 0 Å². The minimum atomic E-state index is -0.812. The Labute approximate surface area is 178 Å². The maximum absolute atomic E-state index is 12.8. The molecule has 4 aromatic rings. The van der Waals surface area contributed by atoms with Gasteiger partial charge in [-0.3, -0.25) is 29.2 Å². The molecule has 0 aliphatic rings. The highest BCUT2D eigenvalue weighted by molar-refractivity contribution is 6.03. The van der Waals surface area contributed by atoms with Crippen molar-refractivity contribution in [3.8, 4) is 17.1 Å². The molecule has 160 valence electrons. The summed E-state index contributed by atoms with van der Waals surface area (Å²) in [5, 5.41) is 21.6. The summed E-state index contributed by atoms with van der Waals surface area (Å²) in [4.78, 5) is 49.6. The normalized spacial score (nSPS) is 10.7. The van der Waals surface area contributed by atoms with Gasteiger partial charge in [0, 0.05) is 29.1 Å². The number of aromatic amines is 1. The van der Waals surface area contributed by atoms with Crippen molar-refractivity contribution >= 4 is 17.3 Å². The minimum Gasteiger partial charge on any atom is -0.320 e. The van der Waals surface area contributed by atoms with Crippen molar-refractivity contribution in [2.45, 2.75) is 6.92 Å². The molecule has 0 aliphatic carbocycles. The summed E-state index contributed by atoms with van der Waals surface area (Å²) in [6.45, 7) is 1.55. The fourth-order valence-corrected chi connectivity index (χ4v) is 3.04. The number of nitrogens with one attached hydrogen (secondary N) is 2. The van der Waals surface area contributed by atoms with Crippen LogP contribution in [0.25, 0.3) is 17.1 Å². The van der Waals surface area contributed by atoms with E-state index in [2.05, 4.69) is 25.1 Å². The lowest BCUT2D eigenvalue weighted by Crippen LogP contribution is -2.27. The SMILES string of the molecule is Cc1cc(=O)c(C(=O)Nc2cccc(-c3noc(=O)[nH]3)c2)nn1-c1ccccc1[N+](=O)[O-]. The minimum absolute atomic E-state index is 0.112. The number of aromatic nitrogens is 4. The number of nitro benzene ring substituents is 1. The number of anilines is 1. The number of nitrogens with zero attached hydrogens (tertiary/aromatic N) is 4. The van der Waals surface area contributed by atoms with Crippen molar-refractivity contribution in [2.24, 2.45) is 0 Å². The molecular weight excluding hydrogens is 420 g/mol. The number of hydrogen-bond acceptors (Lipinski definition) is 8. The van der Waals surface area contributed by atoms with Crippen LogP contribution in [0.4, 0.5) is 11.4 Å². The summed E-state index contributed by atoms with van der Waals surface area (Å²) in [6.07, 6.45) is 0. The third-order valence-electron chi connectivity index (χ3n) is 4.46. The second-order valence-electron chi connectivity index (χ2n) is 6.63. The summed E-state index contributed by atoms with van der Waals surface area (Å²) in [5.41, 5.74) is -0.134. The number of para-hydroxylation sites is 2. The van der Waals surface area contributed by atoms with Crippen molar-refractivity contribution < 1.29 is 14.2 Å². The average Bonchev–Trinajstić information content (AvgIpc) is 3.20. The first-order valence-corrected chi connectivity index (χ1v) is 9.16. The van der Waals surface area contributed by atoms with Gasteiger partial charge >= 0.3 is 5.76 Å². The zero-order chi connectivity index (χ0) is 22.8. The smallest absolute Gasteiger partial charge is 0.320 e. The number of aryl methyl sites for hydroxylation is 1. The molecule has 12 nitrogen and oxygen atoms in total. The third kappa shape index (κ3) is 3.92. The van der Waals surface area contributed by atoms with Crippen LogP contribution >= 0.6 is 0 Å². The van der Waals surface area contributed by atoms with Crippen molar-refractivity contribution in [1.82, 2.24) is 19.9 Å². The van der Waals surface area contributed by atoms with Gasteiger partial charge in [0.2, 0.25) is 5.43 Å². The van der Waals surface area contributed by atoms with E-state index in [1.165, 1.54) is 35.0 Å². The third-order valence-corrected chi connectivity index (χ3v) is 4.46. The largest absolute Gasteiger partial charge is 0.439 e. The second-order valence-corrected chi connectivity index (χ2v) is 6.63. The summed E-state index contributed by atoms with van der Waals surface area (Å²) in [5.74, 6) is -1.37. The number of amides is 1. The van der Waals surface area contributed by atoms with E-state index in [1.54, 1.807) is 31.2 Å². The molecule has 2 N–H and O–H groups in total. The van der Waals surface area contributed by atoms with Crippen molar-refractivity contribution in [3.05, 3.63) is 96.9 Å². The summed E-state index contributed by atoms with van der Waals surface area (Å²) in [6, 6.07) is 13.3. The van der Waals surface area contributed by atoms with Crippen LogP contribution in [0, 0.1) is 17.0 Å².